The van der Waals surface area contributed by atoms with Gasteiger partial charge in [-0.1, -0.05) is 0 Å². The lowest BCUT2D eigenvalue weighted by molar-refractivity contribution is 0.586. The molecule has 13 heavy (non-hydrogen) atoms. The van der Waals surface area contributed by atoms with Crippen molar-refractivity contribution in [3.8, 4) is 0 Å². The summed E-state index contributed by atoms with van der Waals surface area (Å²) in [4.78, 5) is 0. The van der Waals surface area contributed by atoms with Gasteiger partial charge in [-0.05, 0) is 0 Å². The maximum Gasteiger partial charge on any atom is 0.149 e. The first-order valence-corrected chi connectivity index (χ1v) is 5.49. The number of aryl methyl sites for hydroxylation is 1. The van der Waals surface area contributed by atoms with E-state index < -0.39 is 9.84 Å². The third-order valence-corrected chi connectivity index (χ3v) is 2.27. The summed E-state index contributed by atoms with van der Waals surface area (Å²) >= 11 is 0. The smallest absolute Gasteiger partial charge is 0.149 e. The van der Waals surface area contributed by atoms with Gasteiger partial charge in [0.15, 0.2) is 0 Å². The number of aromatic nitrogens is 2. The zero-order valence-electron chi connectivity index (χ0n) is 7.17. The Morgan fingerprint density at radius 1 is 1.62 bits per heavy atom. The molecule has 1 aromatic rings. The number of nitrogens with zero attached hydrogens (tertiary/aromatic N) is 2. The molecular weight excluding hydrogens is 214 g/mol. The van der Waals surface area contributed by atoms with E-state index in [1.54, 1.807) is 6.20 Å². The van der Waals surface area contributed by atoms with E-state index in [1.807, 2.05) is 0 Å². The molecule has 0 radical (unpaired) electrons. The molecule has 0 aliphatic carbocycles. The largest absolute Gasteiger partial charge is 0.396 e. The van der Waals surface area contributed by atoms with Crippen LogP contribution < -0.4 is 5.73 Å². The Morgan fingerprint density at radius 2 is 2.23 bits per heavy atom. The van der Waals surface area contributed by atoms with E-state index in [1.165, 1.54) is 17.1 Å². The average Bonchev–Trinajstić information content (AvgIpc) is 2.30. The van der Waals surface area contributed by atoms with Gasteiger partial charge in [0.1, 0.15) is 9.84 Å². The van der Waals surface area contributed by atoms with E-state index in [9.17, 15) is 8.42 Å². The second kappa shape index (κ2) is 4.48. The first-order valence-electron chi connectivity index (χ1n) is 3.43. The van der Waals surface area contributed by atoms with Crippen LogP contribution in [0.5, 0.6) is 0 Å². The van der Waals surface area contributed by atoms with Crippen LogP contribution in [-0.2, 0) is 16.4 Å². The number of halogens is 1. The second-order valence-electron chi connectivity index (χ2n) is 2.67. The maximum atomic E-state index is 10.7. The van der Waals surface area contributed by atoms with Crippen LogP contribution in [0.1, 0.15) is 0 Å². The Bertz CT molecular complexity index is 360. The maximum absolute atomic E-state index is 10.7. The van der Waals surface area contributed by atoms with Crippen molar-refractivity contribution in [2.24, 2.45) is 0 Å². The molecule has 0 aromatic carbocycles. The number of anilines is 1. The topological polar surface area (TPSA) is 78.0 Å². The fraction of sp³-hybridized carbons (Fsp3) is 0.500. The Morgan fingerprint density at radius 3 is 2.62 bits per heavy atom. The molecule has 1 heterocycles. The molecule has 0 amide bonds. The minimum absolute atomic E-state index is 0. The number of hydrogen-bond donors (Lipinski definition) is 1. The standard InChI is InChI=1S/C6H11N3O2S.ClH/c1-12(10,11)3-2-9-5-6(7)4-8-9;/h4-5H,2-3,7H2,1H3;1H. The quantitative estimate of drug-likeness (QED) is 0.781. The van der Waals surface area contributed by atoms with Crippen molar-refractivity contribution in [3.63, 3.8) is 0 Å². The van der Waals surface area contributed by atoms with Crippen molar-refractivity contribution in [2.45, 2.75) is 6.54 Å². The van der Waals surface area contributed by atoms with Crippen LogP contribution in [0.4, 0.5) is 5.69 Å². The molecule has 1 aromatic heterocycles. The van der Waals surface area contributed by atoms with E-state index in [-0.39, 0.29) is 18.2 Å². The normalized spacial score (nSPS) is 10.8. The van der Waals surface area contributed by atoms with Gasteiger partial charge in [0.05, 0.1) is 24.2 Å². The molecule has 0 atom stereocenters. The van der Waals surface area contributed by atoms with Crippen molar-refractivity contribution in [1.82, 2.24) is 9.78 Å². The Labute approximate surface area is 83.3 Å². The van der Waals surface area contributed by atoms with E-state index >= 15 is 0 Å². The van der Waals surface area contributed by atoms with Gasteiger partial charge in [0, 0.05) is 12.5 Å². The third-order valence-electron chi connectivity index (χ3n) is 1.34. The second-order valence-corrected chi connectivity index (χ2v) is 4.93. The van der Waals surface area contributed by atoms with E-state index in [2.05, 4.69) is 5.10 Å². The Kier molecular flexibility index (Phi) is 4.22. The summed E-state index contributed by atoms with van der Waals surface area (Å²) in [5, 5.41) is 3.85. The molecule has 0 unspecified atom stereocenters. The summed E-state index contributed by atoms with van der Waals surface area (Å²) in [6, 6.07) is 0. The van der Waals surface area contributed by atoms with Crippen LogP contribution in [0.2, 0.25) is 0 Å². The minimum Gasteiger partial charge on any atom is -0.396 e. The lowest BCUT2D eigenvalue weighted by atomic mass is 10.6. The summed E-state index contributed by atoms with van der Waals surface area (Å²) in [5.41, 5.74) is 5.93. The van der Waals surface area contributed by atoms with E-state index in [4.69, 9.17) is 5.73 Å². The lowest BCUT2D eigenvalue weighted by Gasteiger charge is -1.98. The molecule has 76 valence electrons. The van der Waals surface area contributed by atoms with Crippen LogP contribution in [0, 0.1) is 0 Å². The zero-order chi connectivity index (χ0) is 9.19. The first kappa shape index (κ1) is 12.2. The van der Waals surface area contributed by atoms with Crippen LogP contribution in [0.15, 0.2) is 12.4 Å². The molecule has 0 fully saturated rings. The fourth-order valence-electron chi connectivity index (χ4n) is 0.761. The number of nitrogens with two attached hydrogens (primary N) is 1. The molecule has 0 saturated heterocycles. The molecule has 0 saturated carbocycles. The van der Waals surface area contributed by atoms with Gasteiger partial charge in [-0.2, -0.15) is 5.10 Å². The Balaban J connectivity index is 0.00000144. The third kappa shape index (κ3) is 4.74. The molecule has 7 heteroatoms. The predicted octanol–water partition coefficient (Wildman–Crippen LogP) is -0.0683. The van der Waals surface area contributed by atoms with E-state index in [0.717, 1.165) is 0 Å². The van der Waals surface area contributed by atoms with Gasteiger partial charge in [-0.25, -0.2) is 8.42 Å². The van der Waals surface area contributed by atoms with Gasteiger partial charge in [0.25, 0.3) is 0 Å². The van der Waals surface area contributed by atoms with Crippen molar-refractivity contribution >= 4 is 27.9 Å². The van der Waals surface area contributed by atoms with Crippen molar-refractivity contribution in [3.05, 3.63) is 12.4 Å². The molecule has 0 aliphatic heterocycles. The average molecular weight is 226 g/mol. The fourth-order valence-corrected chi connectivity index (χ4v) is 1.28. The Hall–Kier alpha value is -0.750. The molecule has 0 bridgehead atoms. The van der Waals surface area contributed by atoms with Gasteiger partial charge < -0.3 is 5.73 Å². The van der Waals surface area contributed by atoms with Gasteiger partial charge in [0.2, 0.25) is 0 Å². The molecular formula is C6H12ClN3O2S. The van der Waals surface area contributed by atoms with Crippen molar-refractivity contribution in [2.75, 3.05) is 17.7 Å². The van der Waals surface area contributed by atoms with Crippen molar-refractivity contribution in [1.29, 1.82) is 0 Å². The van der Waals surface area contributed by atoms with E-state index in [0.29, 0.717) is 12.2 Å². The molecule has 1 rings (SSSR count). The highest BCUT2D eigenvalue weighted by atomic mass is 35.5. The van der Waals surface area contributed by atoms with Crippen LogP contribution in [-0.4, -0.2) is 30.2 Å². The number of hydrogen-bond acceptors (Lipinski definition) is 4. The van der Waals surface area contributed by atoms with Gasteiger partial charge in [-0.15, -0.1) is 12.4 Å². The summed E-state index contributed by atoms with van der Waals surface area (Å²) in [6.45, 7) is 0.357. The monoisotopic (exact) mass is 225 g/mol. The molecule has 2 N–H and O–H groups in total. The highest BCUT2D eigenvalue weighted by Crippen LogP contribution is 1.97. The number of nitrogen functional groups attached to an aromatic ring is 1. The highest BCUT2D eigenvalue weighted by Gasteiger charge is 2.02. The molecule has 0 aliphatic rings. The summed E-state index contributed by atoms with van der Waals surface area (Å²) in [7, 11) is -2.91. The molecule has 5 nitrogen and oxygen atoms in total. The van der Waals surface area contributed by atoms with Crippen LogP contribution >= 0.6 is 12.4 Å². The first-order chi connectivity index (χ1) is 5.47. The van der Waals surface area contributed by atoms with Crippen LogP contribution in [0.3, 0.4) is 0 Å². The minimum atomic E-state index is -2.91. The molecule has 0 spiro atoms. The summed E-state index contributed by atoms with van der Waals surface area (Å²) < 4.78 is 23.0. The van der Waals surface area contributed by atoms with Crippen LogP contribution in [0.25, 0.3) is 0 Å². The SMILES string of the molecule is CS(=O)(=O)CCn1cc(N)cn1.Cl. The summed E-state index contributed by atoms with van der Waals surface area (Å²) in [5.74, 6) is 0.0914. The number of sulfone groups is 1. The lowest BCUT2D eigenvalue weighted by Crippen LogP contribution is -2.11. The highest BCUT2D eigenvalue weighted by molar-refractivity contribution is 7.90. The zero-order valence-corrected chi connectivity index (χ0v) is 8.81. The number of rotatable bonds is 3. The van der Waals surface area contributed by atoms with Crippen molar-refractivity contribution < 1.29 is 8.42 Å². The van der Waals surface area contributed by atoms with Gasteiger partial charge >= 0.3 is 0 Å². The van der Waals surface area contributed by atoms with Gasteiger partial charge in [-0.3, -0.25) is 4.68 Å². The predicted molar refractivity (Wildman–Crippen MR) is 53.6 cm³/mol. The summed E-state index contributed by atoms with van der Waals surface area (Å²) in [6.07, 6.45) is 4.29.